The molecule has 1 aliphatic rings. The van der Waals surface area contributed by atoms with Gasteiger partial charge in [0.15, 0.2) is 5.78 Å². The molecule has 0 saturated carbocycles. The van der Waals surface area contributed by atoms with Crippen LogP contribution in [0, 0.1) is 0 Å². The summed E-state index contributed by atoms with van der Waals surface area (Å²) in [7, 11) is -2.98. The smallest absolute Gasteiger partial charge is 0.162 e. The highest BCUT2D eigenvalue weighted by Crippen LogP contribution is 2.11. The number of nitrogens with zero attached hydrogens (tertiary/aromatic N) is 1. The molecule has 0 amide bonds. The van der Waals surface area contributed by atoms with Gasteiger partial charge >= 0.3 is 0 Å². The maximum absolute atomic E-state index is 11.9. The second-order valence-corrected chi connectivity index (χ2v) is 7.41. The first kappa shape index (κ1) is 15.6. The first-order valence-corrected chi connectivity index (χ1v) is 8.42. The second-order valence-electron chi connectivity index (χ2n) is 5.15. The summed E-state index contributed by atoms with van der Waals surface area (Å²) >= 11 is 0. The summed E-state index contributed by atoms with van der Waals surface area (Å²) in [6.45, 7) is 6.23. The quantitative estimate of drug-likeness (QED) is 0.707. The van der Waals surface area contributed by atoms with E-state index in [4.69, 9.17) is 4.74 Å². The van der Waals surface area contributed by atoms with Gasteiger partial charge in [-0.05, 0) is 20.3 Å². The van der Waals surface area contributed by atoms with Crippen LogP contribution in [0.1, 0.15) is 26.7 Å². The molecule has 0 bridgehead atoms. The lowest BCUT2D eigenvalue weighted by atomic mass is 10.1. The topological polar surface area (TPSA) is 63.7 Å². The van der Waals surface area contributed by atoms with Crippen LogP contribution >= 0.6 is 0 Å². The van der Waals surface area contributed by atoms with Gasteiger partial charge in [-0.3, -0.25) is 9.69 Å². The molecule has 1 unspecified atom stereocenters. The van der Waals surface area contributed by atoms with Gasteiger partial charge < -0.3 is 4.74 Å². The Bertz CT molecular complexity index is 378. The Balaban J connectivity index is 2.37. The number of carbonyl (C=O) groups is 1. The Morgan fingerprint density at radius 1 is 1.44 bits per heavy atom. The van der Waals surface area contributed by atoms with Crippen LogP contribution in [0.15, 0.2) is 0 Å². The second kappa shape index (κ2) is 6.63. The predicted molar refractivity (Wildman–Crippen MR) is 70.4 cm³/mol. The Morgan fingerprint density at radius 3 is 2.67 bits per heavy atom. The number of hydrogen-bond acceptors (Lipinski definition) is 5. The zero-order valence-electron chi connectivity index (χ0n) is 11.4. The molecule has 0 aromatic rings. The fraction of sp³-hybridized carbons (Fsp3) is 0.917. The standard InChI is InChI=1S/C12H23NO4S/c1-10(2)13-6-7-17-12(9-13)11(14)5-4-8-18(3,15)16/h10,12H,4-9H2,1-3H3. The maximum Gasteiger partial charge on any atom is 0.162 e. The van der Waals surface area contributed by atoms with Gasteiger partial charge in [0.1, 0.15) is 15.9 Å². The molecule has 1 heterocycles. The van der Waals surface area contributed by atoms with E-state index in [0.29, 0.717) is 25.6 Å². The van der Waals surface area contributed by atoms with Gasteiger partial charge in [0.25, 0.3) is 0 Å². The van der Waals surface area contributed by atoms with Gasteiger partial charge in [0.05, 0.1) is 12.4 Å². The Morgan fingerprint density at radius 2 is 2.11 bits per heavy atom. The number of carbonyl (C=O) groups excluding carboxylic acids is 1. The molecule has 0 aromatic heterocycles. The monoisotopic (exact) mass is 277 g/mol. The van der Waals surface area contributed by atoms with Crippen molar-refractivity contribution in [3.05, 3.63) is 0 Å². The van der Waals surface area contributed by atoms with Crippen LogP contribution in [0.3, 0.4) is 0 Å². The molecule has 1 fully saturated rings. The Hall–Kier alpha value is -0.460. The minimum Gasteiger partial charge on any atom is -0.368 e. The van der Waals surface area contributed by atoms with Crippen LogP contribution in [-0.2, 0) is 19.4 Å². The third kappa shape index (κ3) is 5.46. The van der Waals surface area contributed by atoms with E-state index in [9.17, 15) is 13.2 Å². The summed E-state index contributed by atoms with van der Waals surface area (Å²) in [5.74, 6) is 0.0864. The molecule has 0 radical (unpaired) electrons. The lowest BCUT2D eigenvalue weighted by Gasteiger charge is -2.34. The molecular formula is C12H23NO4S. The zero-order valence-corrected chi connectivity index (χ0v) is 12.2. The van der Waals surface area contributed by atoms with Crippen LogP contribution < -0.4 is 0 Å². The lowest BCUT2D eigenvalue weighted by Crippen LogP contribution is -2.48. The van der Waals surface area contributed by atoms with Crippen LogP contribution in [0.2, 0.25) is 0 Å². The zero-order chi connectivity index (χ0) is 13.8. The number of ketones is 1. The van der Waals surface area contributed by atoms with Crippen LogP contribution in [0.4, 0.5) is 0 Å². The molecule has 0 spiro atoms. The SMILES string of the molecule is CC(C)N1CCOC(C(=O)CCCS(C)(=O)=O)C1. The fourth-order valence-electron chi connectivity index (χ4n) is 2.00. The summed E-state index contributed by atoms with van der Waals surface area (Å²) in [4.78, 5) is 14.1. The molecule has 6 heteroatoms. The summed E-state index contributed by atoms with van der Waals surface area (Å²) in [5, 5.41) is 0. The lowest BCUT2D eigenvalue weighted by molar-refractivity contribution is -0.137. The normalized spacial score (nSPS) is 22.3. The van der Waals surface area contributed by atoms with Crippen molar-refractivity contribution in [3.8, 4) is 0 Å². The van der Waals surface area contributed by atoms with Gasteiger partial charge in [0, 0.05) is 31.8 Å². The van der Waals surface area contributed by atoms with E-state index in [1.807, 2.05) is 0 Å². The van der Waals surface area contributed by atoms with E-state index in [1.54, 1.807) is 0 Å². The van der Waals surface area contributed by atoms with Gasteiger partial charge in [-0.15, -0.1) is 0 Å². The number of rotatable bonds is 6. The molecule has 0 aromatic carbocycles. The first-order chi connectivity index (χ1) is 8.29. The van der Waals surface area contributed by atoms with Gasteiger partial charge in [-0.1, -0.05) is 0 Å². The first-order valence-electron chi connectivity index (χ1n) is 6.35. The Kier molecular flexibility index (Phi) is 5.75. The number of ether oxygens (including phenoxy) is 1. The van der Waals surface area contributed by atoms with Crippen LogP contribution in [0.25, 0.3) is 0 Å². The average Bonchev–Trinajstić information content (AvgIpc) is 2.27. The summed E-state index contributed by atoms with van der Waals surface area (Å²) in [5.41, 5.74) is 0. The molecule has 1 rings (SSSR count). The maximum atomic E-state index is 11.9. The predicted octanol–water partition coefficient (Wildman–Crippen LogP) is 0.490. The van der Waals surface area contributed by atoms with E-state index >= 15 is 0 Å². The highest BCUT2D eigenvalue weighted by atomic mass is 32.2. The largest absolute Gasteiger partial charge is 0.368 e. The van der Waals surface area contributed by atoms with E-state index in [-0.39, 0.29) is 24.1 Å². The molecule has 18 heavy (non-hydrogen) atoms. The highest BCUT2D eigenvalue weighted by Gasteiger charge is 2.27. The molecule has 5 nitrogen and oxygen atoms in total. The van der Waals surface area contributed by atoms with E-state index in [1.165, 1.54) is 6.26 Å². The molecule has 0 N–H and O–H groups in total. The average molecular weight is 277 g/mol. The van der Waals surface area contributed by atoms with Crippen molar-refractivity contribution in [2.24, 2.45) is 0 Å². The summed E-state index contributed by atoms with van der Waals surface area (Å²) in [6.07, 6.45) is 1.47. The highest BCUT2D eigenvalue weighted by molar-refractivity contribution is 7.90. The molecular weight excluding hydrogens is 254 g/mol. The van der Waals surface area contributed by atoms with Gasteiger partial charge in [-0.25, -0.2) is 8.42 Å². The van der Waals surface area contributed by atoms with Gasteiger partial charge in [0.2, 0.25) is 0 Å². The van der Waals surface area contributed by atoms with Crippen molar-refractivity contribution in [2.45, 2.75) is 38.8 Å². The third-order valence-corrected chi connectivity index (χ3v) is 4.16. The van der Waals surface area contributed by atoms with Crippen molar-refractivity contribution in [3.63, 3.8) is 0 Å². The van der Waals surface area contributed by atoms with Crippen LogP contribution in [-0.4, -0.2) is 63.0 Å². The van der Waals surface area contributed by atoms with E-state index in [2.05, 4.69) is 18.7 Å². The number of Topliss-reactive ketones (excluding diaryl/α,β-unsaturated/α-hetero) is 1. The molecule has 1 atom stereocenters. The number of sulfone groups is 1. The third-order valence-electron chi connectivity index (χ3n) is 3.13. The molecule has 1 aliphatic heterocycles. The fourth-order valence-corrected chi connectivity index (χ4v) is 2.67. The van der Waals surface area contributed by atoms with Crippen molar-refractivity contribution >= 4 is 15.6 Å². The number of morpholine rings is 1. The molecule has 1 saturated heterocycles. The van der Waals surface area contributed by atoms with E-state index < -0.39 is 9.84 Å². The minimum atomic E-state index is -2.98. The van der Waals surface area contributed by atoms with Crippen molar-refractivity contribution < 1.29 is 17.9 Å². The van der Waals surface area contributed by atoms with Crippen molar-refractivity contribution in [1.29, 1.82) is 0 Å². The summed E-state index contributed by atoms with van der Waals surface area (Å²) in [6, 6.07) is 0.403. The number of hydrogen-bond donors (Lipinski definition) is 0. The van der Waals surface area contributed by atoms with E-state index in [0.717, 1.165) is 6.54 Å². The van der Waals surface area contributed by atoms with Crippen molar-refractivity contribution in [2.75, 3.05) is 31.7 Å². The van der Waals surface area contributed by atoms with Crippen molar-refractivity contribution in [1.82, 2.24) is 4.90 Å². The van der Waals surface area contributed by atoms with Gasteiger partial charge in [-0.2, -0.15) is 0 Å². The van der Waals surface area contributed by atoms with Crippen LogP contribution in [0.5, 0.6) is 0 Å². The minimum absolute atomic E-state index is 0.0176. The Labute approximate surface area is 109 Å². The summed E-state index contributed by atoms with van der Waals surface area (Å²) < 4.78 is 27.4. The molecule has 0 aliphatic carbocycles. The molecule has 106 valence electrons.